The number of amides is 2. The average Bonchev–Trinajstić information content (AvgIpc) is 2.76. The summed E-state index contributed by atoms with van der Waals surface area (Å²) < 4.78 is 13.9. The van der Waals surface area contributed by atoms with Crippen molar-refractivity contribution in [2.45, 2.75) is 45.7 Å². The first-order chi connectivity index (χ1) is 10.9. The quantitative estimate of drug-likeness (QED) is 0.932. The van der Waals surface area contributed by atoms with Gasteiger partial charge >= 0.3 is 0 Å². The van der Waals surface area contributed by atoms with Crippen LogP contribution in [0.15, 0.2) is 24.4 Å². The zero-order valence-corrected chi connectivity index (χ0v) is 13.5. The number of halogens is 1. The smallest absolute Gasteiger partial charge is 0.255 e. The standard InChI is InChI=1S/C18H21FN2O2/c1-10(2)6-12-7-13(19)8-14-15(12)9-21(18(14)23)16-5-4-11(3)20-17(16)22/h7-8,10,16H,3-6,9H2,1-2H3,(H,20,22). The highest BCUT2D eigenvalue weighted by atomic mass is 19.1. The summed E-state index contributed by atoms with van der Waals surface area (Å²) in [6, 6.07) is 2.30. The van der Waals surface area contributed by atoms with Gasteiger partial charge in [-0.1, -0.05) is 20.4 Å². The lowest BCUT2D eigenvalue weighted by Crippen LogP contribution is -2.49. The summed E-state index contributed by atoms with van der Waals surface area (Å²) in [5.74, 6) is -0.479. The highest BCUT2D eigenvalue weighted by Crippen LogP contribution is 2.32. The molecule has 2 amide bonds. The number of benzene rings is 1. The maximum absolute atomic E-state index is 13.9. The first kappa shape index (κ1) is 15.7. The van der Waals surface area contributed by atoms with Crippen molar-refractivity contribution in [2.75, 3.05) is 0 Å². The van der Waals surface area contributed by atoms with Gasteiger partial charge in [0.25, 0.3) is 5.91 Å². The fourth-order valence-corrected chi connectivity index (χ4v) is 3.40. The number of carbonyl (C=O) groups excluding carboxylic acids is 2. The lowest BCUT2D eigenvalue weighted by Gasteiger charge is -2.31. The summed E-state index contributed by atoms with van der Waals surface area (Å²) in [4.78, 5) is 26.4. The van der Waals surface area contributed by atoms with Gasteiger partial charge in [0.05, 0.1) is 0 Å². The molecule has 1 atom stereocenters. The third-order valence-corrected chi connectivity index (χ3v) is 4.45. The van der Waals surface area contributed by atoms with Crippen LogP contribution in [0.5, 0.6) is 0 Å². The average molecular weight is 316 g/mol. The second kappa shape index (κ2) is 5.80. The summed E-state index contributed by atoms with van der Waals surface area (Å²) >= 11 is 0. The Bertz CT molecular complexity index is 697. The number of nitrogens with one attached hydrogen (secondary N) is 1. The second-order valence-corrected chi connectivity index (χ2v) is 6.77. The van der Waals surface area contributed by atoms with Crippen LogP contribution in [0.3, 0.4) is 0 Å². The zero-order chi connectivity index (χ0) is 16.7. The molecule has 4 nitrogen and oxygen atoms in total. The molecule has 2 aliphatic heterocycles. The third-order valence-electron chi connectivity index (χ3n) is 4.45. The fourth-order valence-electron chi connectivity index (χ4n) is 3.40. The van der Waals surface area contributed by atoms with Crippen LogP contribution in [0.1, 0.15) is 48.2 Å². The van der Waals surface area contributed by atoms with Crippen LogP contribution >= 0.6 is 0 Å². The highest BCUT2D eigenvalue weighted by Gasteiger charge is 2.39. The zero-order valence-electron chi connectivity index (χ0n) is 13.5. The molecule has 1 unspecified atom stereocenters. The molecule has 5 heteroatoms. The van der Waals surface area contributed by atoms with Gasteiger partial charge in [-0.3, -0.25) is 9.59 Å². The fraction of sp³-hybridized carbons (Fsp3) is 0.444. The number of allylic oxidation sites excluding steroid dienone is 1. The first-order valence-corrected chi connectivity index (χ1v) is 7.97. The molecule has 23 heavy (non-hydrogen) atoms. The van der Waals surface area contributed by atoms with E-state index in [-0.39, 0.29) is 11.8 Å². The largest absolute Gasteiger partial charge is 0.329 e. The first-order valence-electron chi connectivity index (χ1n) is 7.97. The van der Waals surface area contributed by atoms with E-state index in [9.17, 15) is 14.0 Å². The predicted molar refractivity (Wildman–Crippen MR) is 85.1 cm³/mol. The van der Waals surface area contributed by atoms with Crippen LogP contribution in [0.25, 0.3) is 0 Å². The molecule has 122 valence electrons. The van der Waals surface area contributed by atoms with E-state index in [4.69, 9.17) is 0 Å². The van der Waals surface area contributed by atoms with Crippen molar-refractivity contribution < 1.29 is 14.0 Å². The Morgan fingerprint density at radius 2 is 2.13 bits per heavy atom. The van der Waals surface area contributed by atoms with Gasteiger partial charge in [0, 0.05) is 17.8 Å². The van der Waals surface area contributed by atoms with E-state index in [1.165, 1.54) is 12.1 Å². The monoisotopic (exact) mass is 316 g/mol. The van der Waals surface area contributed by atoms with Gasteiger partial charge < -0.3 is 10.2 Å². The molecule has 0 spiro atoms. The van der Waals surface area contributed by atoms with Gasteiger partial charge in [0.15, 0.2) is 0 Å². The Morgan fingerprint density at radius 3 is 2.78 bits per heavy atom. The number of piperidine rings is 1. The van der Waals surface area contributed by atoms with E-state index in [2.05, 4.69) is 25.7 Å². The summed E-state index contributed by atoms with van der Waals surface area (Å²) in [6.45, 7) is 8.26. The summed E-state index contributed by atoms with van der Waals surface area (Å²) in [5, 5.41) is 2.71. The highest BCUT2D eigenvalue weighted by molar-refractivity contribution is 6.01. The summed E-state index contributed by atoms with van der Waals surface area (Å²) in [6.07, 6.45) is 1.94. The SMILES string of the molecule is C=C1CCC(N2Cc3c(CC(C)C)cc(F)cc3C2=O)C(=O)N1. The number of rotatable bonds is 3. The maximum Gasteiger partial charge on any atom is 0.255 e. The van der Waals surface area contributed by atoms with Gasteiger partial charge in [0.1, 0.15) is 11.9 Å². The Labute approximate surface area is 135 Å². The molecular formula is C18H21FN2O2. The van der Waals surface area contributed by atoms with Crippen molar-refractivity contribution >= 4 is 11.8 Å². The normalized spacial score (nSPS) is 21.0. The van der Waals surface area contributed by atoms with Crippen LogP contribution in [-0.2, 0) is 17.8 Å². The third kappa shape index (κ3) is 2.87. The Balaban J connectivity index is 1.92. The number of fused-ring (bicyclic) bond motifs is 1. The molecule has 2 aliphatic rings. The van der Waals surface area contributed by atoms with Gasteiger partial charge in [-0.15, -0.1) is 0 Å². The van der Waals surface area contributed by atoms with Crippen LogP contribution in [-0.4, -0.2) is 22.8 Å². The van der Waals surface area contributed by atoms with Gasteiger partial charge in [-0.25, -0.2) is 4.39 Å². The minimum Gasteiger partial charge on any atom is -0.329 e. The molecule has 1 fully saturated rings. The second-order valence-electron chi connectivity index (χ2n) is 6.77. The summed E-state index contributed by atoms with van der Waals surface area (Å²) in [7, 11) is 0. The maximum atomic E-state index is 13.9. The number of nitrogens with zero attached hydrogens (tertiary/aromatic N) is 1. The molecule has 3 rings (SSSR count). The van der Waals surface area contributed by atoms with Crippen molar-refractivity contribution in [3.8, 4) is 0 Å². The van der Waals surface area contributed by atoms with Crippen LogP contribution in [0, 0.1) is 11.7 Å². The Morgan fingerprint density at radius 1 is 1.39 bits per heavy atom. The molecular weight excluding hydrogens is 295 g/mol. The van der Waals surface area contributed by atoms with Crippen LogP contribution in [0.4, 0.5) is 4.39 Å². The van der Waals surface area contributed by atoms with Crippen molar-refractivity contribution in [1.29, 1.82) is 0 Å². The minimum absolute atomic E-state index is 0.201. The van der Waals surface area contributed by atoms with E-state index in [1.54, 1.807) is 4.90 Å². The molecule has 0 radical (unpaired) electrons. The van der Waals surface area contributed by atoms with Gasteiger partial charge in [0.2, 0.25) is 5.91 Å². The molecule has 1 aromatic rings. The molecule has 1 saturated heterocycles. The number of hydrogen-bond acceptors (Lipinski definition) is 2. The van der Waals surface area contributed by atoms with Crippen molar-refractivity contribution in [3.05, 3.63) is 46.9 Å². The number of hydrogen-bond donors (Lipinski definition) is 1. The lowest BCUT2D eigenvalue weighted by molar-refractivity contribution is -0.126. The molecule has 1 N–H and O–H groups in total. The molecule has 2 heterocycles. The number of carbonyl (C=O) groups is 2. The minimum atomic E-state index is -0.504. The Hall–Kier alpha value is -2.17. The molecule has 1 aromatic carbocycles. The van der Waals surface area contributed by atoms with Gasteiger partial charge in [-0.2, -0.15) is 0 Å². The molecule has 0 saturated carbocycles. The van der Waals surface area contributed by atoms with Crippen molar-refractivity contribution in [2.24, 2.45) is 5.92 Å². The molecule has 0 bridgehead atoms. The van der Waals surface area contributed by atoms with E-state index in [0.29, 0.717) is 36.6 Å². The predicted octanol–water partition coefficient (Wildman–Crippen LogP) is 2.77. The van der Waals surface area contributed by atoms with E-state index >= 15 is 0 Å². The van der Waals surface area contributed by atoms with Crippen LogP contribution < -0.4 is 5.32 Å². The van der Waals surface area contributed by atoms with Gasteiger partial charge in [-0.05, 0) is 48.4 Å². The summed E-state index contributed by atoms with van der Waals surface area (Å²) in [5.41, 5.74) is 2.81. The lowest BCUT2D eigenvalue weighted by atomic mass is 9.95. The Kier molecular flexibility index (Phi) is 3.96. The van der Waals surface area contributed by atoms with E-state index < -0.39 is 11.9 Å². The van der Waals surface area contributed by atoms with E-state index in [0.717, 1.165) is 17.5 Å². The van der Waals surface area contributed by atoms with Crippen molar-refractivity contribution in [3.63, 3.8) is 0 Å². The van der Waals surface area contributed by atoms with Crippen LogP contribution in [0.2, 0.25) is 0 Å². The molecule has 0 aromatic heterocycles. The topological polar surface area (TPSA) is 49.4 Å². The van der Waals surface area contributed by atoms with Crippen molar-refractivity contribution in [1.82, 2.24) is 10.2 Å². The van der Waals surface area contributed by atoms with E-state index in [1.807, 2.05) is 0 Å². The molecule has 0 aliphatic carbocycles.